The van der Waals surface area contributed by atoms with Crippen molar-refractivity contribution in [1.29, 1.82) is 0 Å². The van der Waals surface area contributed by atoms with Crippen LogP contribution in [0.15, 0.2) is 24.3 Å². The molecule has 1 aromatic carbocycles. The fourth-order valence-corrected chi connectivity index (χ4v) is 3.21. The molecule has 3 atom stereocenters. The first kappa shape index (κ1) is 17.9. The molecule has 2 aliphatic rings. The van der Waals surface area contributed by atoms with Crippen LogP contribution in [0.3, 0.4) is 0 Å². The van der Waals surface area contributed by atoms with Crippen LogP contribution < -0.4 is 10.6 Å². The van der Waals surface area contributed by atoms with E-state index in [0.717, 1.165) is 25.1 Å². The Morgan fingerprint density at radius 3 is 2.40 bits per heavy atom. The Bertz CT molecular complexity index is 627. The molecule has 0 bridgehead atoms. The molecule has 0 spiro atoms. The van der Waals surface area contributed by atoms with E-state index in [2.05, 4.69) is 31.4 Å². The molecule has 0 aromatic heterocycles. The number of hydrogen-bond donors (Lipinski definition) is 2. The fraction of sp³-hybridized carbons (Fsp3) is 0.600. The molecule has 1 aromatic rings. The molecule has 5 nitrogen and oxygen atoms in total. The molecule has 1 heterocycles. The summed E-state index contributed by atoms with van der Waals surface area (Å²) in [5, 5.41) is 5.84. The van der Waals surface area contributed by atoms with E-state index in [1.165, 1.54) is 5.56 Å². The number of amides is 2. The predicted molar refractivity (Wildman–Crippen MR) is 97.4 cm³/mol. The van der Waals surface area contributed by atoms with Gasteiger partial charge in [0.25, 0.3) is 0 Å². The standard InChI is InChI=1S/C20H28N2O3/c1-20(2,3)13-6-8-14(9-7-13)22-19(24)17-11-16(17)18(23)21-12-15-5-4-10-25-15/h6-9,15-17H,4-5,10-12H2,1-3H3,(H,21,23)(H,22,24). The van der Waals surface area contributed by atoms with E-state index in [9.17, 15) is 9.59 Å². The van der Waals surface area contributed by atoms with Gasteiger partial charge < -0.3 is 15.4 Å². The van der Waals surface area contributed by atoms with Crippen LogP contribution in [0.2, 0.25) is 0 Å². The molecule has 5 heteroatoms. The second kappa shape index (κ2) is 7.16. The van der Waals surface area contributed by atoms with E-state index < -0.39 is 0 Å². The van der Waals surface area contributed by atoms with Crippen LogP contribution in [0.4, 0.5) is 5.69 Å². The summed E-state index contributed by atoms with van der Waals surface area (Å²) in [6.07, 6.45) is 2.82. The maximum absolute atomic E-state index is 12.3. The quantitative estimate of drug-likeness (QED) is 0.863. The van der Waals surface area contributed by atoms with Gasteiger partial charge in [-0.15, -0.1) is 0 Å². The highest BCUT2D eigenvalue weighted by molar-refractivity contribution is 5.99. The Morgan fingerprint density at radius 2 is 1.80 bits per heavy atom. The average Bonchev–Trinajstić information content (AvgIpc) is 3.20. The molecular weight excluding hydrogens is 316 g/mol. The van der Waals surface area contributed by atoms with Crippen molar-refractivity contribution >= 4 is 17.5 Å². The molecule has 1 saturated heterocycles. The summed E-state index contributed by atoms with van der Waals surface area (Å²) >= 11 is 0. The summed E-state index contributed by atoms with van der Waals surface area (Å²) in [6, 6.07) is 7.92. The van der Waals surface area contributed by atoms with Crippen molar-refractivity contribution in [1.82, 2.24) is 5.32 Å². The minimum absolute atomic E-state index is 0.0290. The minimum Gasteiger partial charge on any atom is -0.376 e. The van der Waals surface area contributed by atoms with Gasteiger partial charge >= 0.3 is 0 Å². The molecule has 136 valence electrons. The Balaban J connectivity index is 1.45. The van der Waals surface area contributed by atoms with Gasteiger partial charge in [-0.25, -0.2) is 0 Å². The zero-order valence-electron chi connectivity index (χ0n) is 15.3. The third kappa shape index (κ3) is 4.60. The van der Waals surface area contributed by atoms with Crippen LogP contribution in [0.5, 0.6) is 0 Å². The highest BCUT2D eigenvalue weighted by atomic mass is 16.5. The maximum atomic E-state index is 12.3. The topological polar surface area (TPSA) is 67.4 Å². The zero-order chi connectivity index (χ0) is 18.0. The monoisotopic (exact) mass is 344 g/mol. The van der Waals surface area contributed by atoms with Gasteiger partial charge in [-0.05, 0) is 42.4 Å². The highest BCUT2D eigenvalue weighted by Gasteiger charge is 2.48. The summed E-state index contributed by atoms with van der Waals surface area (Å²) in [5.74, 6) is -0.512. The number of carbonyl (C=O) groups is 2. The van der Waals surface area contributed by atoms with Crippen molar-refractivity contribution in [2.24, 2.45) is 11.8 Å². The largest absolute Gasteiger partial charge is 0.376 e. The maximum Gasteiger partial charge on any atom is 0.228 e. The Labute approximate surface area is 149 Å². The van der Waals surface area contributed by atoms with Gasteiger partial charge in [0.2, 0.25) is 11.8 Å². The molecule has 1 saturated carbocycles. The molecule has 0 radical (unpaired) electrons. The molecule has 2 amide bonds. The van der Waals surface area contributed by atoms with E-state index in [0.29, 0.717) is 13.0 Å². The van der Waals surface area contributed by atoms with Gasteiger partial charge in [0.05, 0.1) is 17.9 Å². The van der Waals surface area contributed by atoms with Crippen LogP contribution in [-0.2, 0) is 19.7 Å². The molecule has 25 heavy (non-hydrogen) atoms. The molecule has 2 N–H and O–H groups in total. The zero-order valence-corrected chi connectivity index (χ0v) is 15.3. The minimum atomic E-state index is -0.216. The number of benzene rings is 1. The number of nitrogens with one attached hydrogen (secondary N) is 2. The van der Waals surface area contributed by atoms with Gasteiger partial charge in [-0.2, -0.15) is 0 Å². The fourth-order valence-electron chi connectivity index (χ4n) is 3.21. The predicted octanol–water partition coefficient (Wildman–Crippen LogP) is 2.85. The number of hydrogen-bond acceptors (Lipinski definition) is 3. The van der Waals surface area contributed by atoms with E-state index in [1.807, 2.05) is 24.3 Å². The van der Waals surface area contributed by atoms with Crippen molar-refractivity contribution in [3.05, 3.63) is 29.8 Å². The average molecular weight is 344 g/mol. The number of rotatable bonds is 5. The third-order valence-corrected chi connectivity index (χ3v) is 5.01. The van der Waals surface area contributed by atoms with Crippen LogP contribution in [0.1, 0.15) is 45.6 Å². The SMILES string of the molecule is CC(C)(C)c1ccc(NC(=O)C2CC2C(=O)NCC2CCCO2)cc1. The van der Waals surface area contributed by atoms with Crippen molar-refractivity contribution < 1.29 is 14.3 Å². The van der Waals surface area contributed by atoms with Crippen LogP contribution in [0.25, 0.3) is 0 Å². The van der Waals surface area contributed by atoms with Crippen LogP contribution in [-0.4, -0.2) is 31.1 Å². The molecule has 1 aliphatic carbocycles. The lowest BCUT2D eigenvalue weighted by atomic mass is 9.87. The second-order valence-corrected chi connectivity index (χ2v) is 8.15. The van der Waals surface area contributed by atoms with E-state index in [-0.39, 0.29) is 35.2 Å². The van der Waals surface area contributed by atoms with Gasteiger partial charge in [0, 0.05) is 18.8 Å². The summed E-state index contributed by atoms with van der Waals surface area (Å²) in [7, 11) is 0. The summed E-state index contributed by atoms with van der Waals surface area (Å²) < 4.78 is 5.50. The van der Waals surface area contributed by atoms with Crippen LogP contribution in [0, 0.1) is 11.8 Å². The number of ether oxygens (including phenoxy) is 1. The summed E-state index contributed by atoms with van der Waals surface area (Å²) in [5.41, 5.74) is 2.09. The lowest BCUT2D eigenvalue weighted by Crippen LogP contribution is -2.33. The first-order chi connectivity index (χ1) is 11.8. The van der Waals surface area contributed by atoms with Gasteiger partial charge in [0.1, 0.15) is 0 Å². The Morgan fingerprint density at radius 1 is 1.12 bits per heavy atom. The molecule has 1 aliphatic heterocycles. The second-order valence-electron chi connectivity index (χ2n) is 8.15. The Hall–Kier alpha value is -1.88. The first-order valence-corrected chi connectivity index (χ1v) is 9.15. The van der Waals surface area contributed by atoms with Crippen molar-refractivity contribution in [2.75, 3.05) is 18.5 Å². The molecular formula is C20H28N2O3. The highest BCUT2D eigenvalue weighted by Crippen LogP contribution is 2.39. The normalized spacial score (nSPS) is 25.5. The molecule has 2 fully saturated rings. The van der Waals surface area contributed by atoms with Crippen molar-refractivity contribution in [3.8, 4) is 0 Å². The summed E-state index contributed by atoms with van der Waals surface area (Å²) in [4.78, 5) is 24.5. The van der Waals surface area contributed by atoms with E-state index >= 15 is 0 Å². The number of anilines is 1. The third-order valence-electron chi connectivity index (χ3n) is 5.01. The lowest BCUT2D eigenvalue weighted by Gasteiger charge is -2.19. The van der Waals surface area contributed by atoms with Gasteiger partial charge in [-0.3, -0.25) is 9.59 Å². The van der Waals surface area contributed by atoms with E-state index in [4.69, 9.17) is 4.74 Å². The van der Waals surface area contributed by atoms with Crippen molar-refractivity contribution in [2.45, 2.75) is 51.6 Å². The molecule has 3 unspecified atom stereocenters. The molecule has 3 rings (SSSR count). The van der Waals surface area contributed by atoms with Gasteiger partial charge in [0.15, 0.2) is 0 Å². The van der Waals surface area contributed by atoms with E-state index in [1.54, 1.807) is 0 Å². The lowest BCUT2D eigenvalue weighted by molar-refractivity contribution is -0.125. The van der Waals surface area contributed by atoms with Gasteiger partial charge in [-0.1, -0.05) is 32.9 Å². The van der Waals surface area contributed by atoms with Crippen molar-refractivity contribution in [3.63, 3.8) is 0 Å². The number of carbonyl (C=O) groups excluding carboxylic acids is 2. The smallest absolute Gasteiger partial charge is 0.228 e. The Kier molecular flexibility index (Phi) is 5.13. The summed E-state index contributed by atoms with van der Waals surface area (Å²) in [6.45, 7) is 7.81. The first-order valence-electron chi connectivity index (χ1n) is 9.15. The van der Waals surface area contributed by atoms with Crippen LogP contribution >= 0.6 is 0 Å².